The van der Waals surface area contributed by atoms with Gasteiger partial charge < -0.3 is 0 Å². The van der Waals surface area contributed by atoms with E-state index in [0.29, 0.717) is 0 Å². The van der Waals surface area contributed by atoms with Crippen molar-refractivity contribution in [2.75, 3.05) is 0 Å². The minimum absolute atomic E-state index is 0.245. The van der Waals surface area contributed by atoms with Crippen LogP contribution in [-0.4, -0.2) is 8.80 Å². The standard InChI is InChI=1S/C19H21Si/c1-3-20(2)19(14-7-4-8-15-19)18-13-9-11-16-10-5-6-12-17(16)18/h4-14H,3,15H2,1-2H3. The highest BCUT2D eigenvalue weighted by Crippen LogP contribution is 2.40. The minimum Gasteiger partial charge on any atom is -0.0837 e. The Hall–Kier alpha value is -1.60. The lowest BCUT2D eigenvalue weighted by atomic mass is 9.87. The van der Waals surface area contributed by atoms with Gasteiger partial charge in [0, 0.05) is 5.04 Å². The molecule has 0 nitrogen and oxygen atoms in total. The van der Waals surface area contributed by atoms with Crippen molar-refractivity contribution >= 4 is 19.6 Å². The molecule has 1 unspecified atom stereocenters. The molecule has 0 aliphatic heterocycles. The Bertz CT molecular complexity index is 663. The fraction of sp³-hybridized carbons (Fsp3) is 0.263. The van der Waals surface area contributed by atoms with Crippen molar-refractivity contribution in [3.8, 4) is 0 Å². The van der Waals surface area contributed by atoms with Crippen molar-refractivity contribution in [2.24, 2.45) is 0 Å². The lowest BCUT2D eigenvalue weighted by Gasteiger charge is -2.37. The zero-order chi connectivity index (χ0) is 14.0. The van der Waals surface area contributed by atoms with Crippen molar-refractivity contribution in [1.29, 1.82) is 0 Å². The maximum absolute atomic E-state index is 2.48. The molecule has 20 heavy (non-hydrogen) atoms. The van der Waals surface area contributed by atoms with Crippen LogP contribution in [0.5, 0.6) is 0 Å². The first-order chi connectivity index (χ1) is 9.78. The van der Waals surface area contributed by atoms with Crippen LogP contribution in [0.3, 0.4) is 0 Å². The van der Waals surface area contributed by atoms with Gasteiger partial charge in [0.2, 0.25) is 0 Å². The molecule has 1 aliphatic carbocycles. The van der Waals surface area contributed by atoms with Gasteiger partial charge in [-0.1, -0.05) is 86.3 Å². The van der Waals surface area contributed by atoms with Gasteiger partial charge in [-0.25, -0.2) is 0 Å². The molecular formula is C19H21Si. The smallest absolute Gasteiger partial charge is 0.0623 e. The Morgan fingerprint density at radius 1 is 1.05 bits per heavy atom. The van der Waals surface area contributed by atoms with Crippen LogP contribution in [0.1, 0.15) is 18.9 Å². The van der Waals surface area contributed by atoms with Crippen LogP contribution < -0.4 is 0 Å². The van der Waals surface area contributed by atoms with Crippen LogP contribution in [0, 0.1) is 0 Å². The van der Waals surface area contributed by atoms with E-state index in [1.54, 1.807) is 0 Å². The number of allylic oxidation sites excluding steroid dienone is 4. The third kappa shape index (κ3) is 2.06. The van der Waals surface area contributed by atoms with Crippen molar-refractivity contribution in [1.82, 2.24) is 0 Å². The van der Waals surface area contributed by atoms with Gasteiger partial charge in [-0.05, 0) is 22.8 Å². The first kappa shape index (κ1) is 13.4. The van der Waals surface area contributed by atoms with Gasteiger partial charge in [0.05, 0.1) is 8.80 Å². The first-order valence-electron chi connectivity index (χ1n) is 7.43. The third-order valence-electron chi connectivity index (χ3n) is 4.63. The van der Waals surface area contributed by atoms with Gasteiger partial charge in [0.25, 0.3) is 0 Å². The van der Waals surface area contributed by atoms with E-state index >= 15 is 0 Å². The zero-order valence-corrected chi connectivity index (χ0v) is 13.3. The molecule has 0 heterocycles. The fourth-order valence-electron chi connectivity index (χ4n) is 3.30. The molecule has 3 rings (SSSR count). The van der Waals surface area contributed by atoms with Gasteiger partial charge in [-0.15, -0.1) is 0 Å². The molecule has 0 aromatic heterocycles. The predicted molar refractivity (Wildman–Crippen MR) is 90.6 cm³/mol. The van der Waals surface area contributed by atoms with Gasteiger partial charge in [-0.3, -0.25) is 0 Å². The summed E-state index contributed by atoms with van der Waals surface area (Å²) in [6, 6.07) is 16.9. The number of fused-ring (bicyclic) bond motifs is 1. The van der Waals surface area contributed by atoms with E-state index in [9.17, 15) is 0 Å². The molecule has 0 amide bonds. The fourth-order valence-corrected chi connectivity index (χ4v) is 5.45. The summed E-state index contributed by atoms with van der Waals surface area (Å²) in [5.74, 6) is 0. The molecule has 2 aromatic carbocycles. The Balaban J connectivity index is 2.25. The average molecular weight is 277 g/mol. The summed E-state index contributed by atoms with van der Waals surface area (Å²) in [7, 11) is -0.470. The van der Waals surface area contributed by atoms with E-state index in [1.165, 1.54) is 22.4 Å². The van der Waals surface area contributed by atoms with E-state index in [2.05, 4.69) is 80.2 Å². The highest BCUT2D eigenvalue weighted by atomic mass is 28.3. The van der Waals surface area contributed by atoms with Crippen LogP contribution in [0.2, 0.25) is 12.6 Å². The molecule has 2 aromatic rings. The molecular weight excluding hydrogens is 256 g/mol. The normalized spacial score (nSPS) is 21.8. The van der Waals surface area contributed by atoms with E-state index < -0.39 is 8.80 Å². The van der Waals surface area contributed by atoms with E-state index in [0.717, 1.165) is 6.42 Å². The van der Waals surface area contributed by atoms with Crippen LogP contribution in [0.4, 0.5) is 0 Å². The second-order valence-corrected chi connectivity index (χ2v) is 8.78. The summed E-state index contributed by atoms with van der Waals surface area (Å²) in [4.78, 5) is 0. The largest absolute Gasteiger partial charge is 0.0837 e. The molecule has 101 valence electrons. The van der Waals surface area contributed by atoms with Crippen molar-refractivity contribution < 1.29 is 0 Å². The molecule has 0 bridgehead atoms. The third-order valence-corrected chi connectivity index (χ3v) is 7.85. The molecule has 1 radical (unpaired) electrons. The number of rotatable bonds is 3. The summed E-state index contributed by atoms with van der Waals surface area (Å²) in [5.41, 5.74) is 1.52. The molecule has 1 heteroatoms. The predicted octanol–water partition coefficient (Wildman–Crippen LogP) is 5.28. The number of hydrogen-bond acceptors (Lipinski definition) is 0. The topological polar surface area (TPSA) is 0 Å². The van der Waals surface area contributed by atoms with Crippen LogP contribution in [-0.2, 0) is 5.04 Å². The highest BCUT2D eigenvalue weighted by molar-refractivity contribution is 6.61. The van der Waals surface area contributed by atoms with Gasteiger partial charge in [-0.2, -0.15) is 0 Å². The zero-order valence-electron chi connectivity index (χ0n) is 12.3. The lowest BCUT2D eigenvalue weighted by Crippen LogP contribution is -2.39. The molecule has 0 saturated heterocycles. The highest BCUT2D eigenvalue weighted by Gasteiger charge is 2.36. The second-order valence-electron chi connectivity index (χ2n) is 5.62. The Labute approximate surface area is 123 Å². The van der Waals surface area contributed by atoms with Gasteiger partial charge >= 0.3 is 0 Å². The number of hydrogen-bond donors (Lipinski definition) is 0. The van der Waals surface area contributed by atoms with Gasteiger partial charge in [0.15, 0.2) is 0 Å². The molecule has 0 fully saturated rings. The SMILES string of the molecule is CC[Si](C)C1(c2cccc3ccccc23)C=CC=CC1. The van der Waals surface area contributed by atoms with Crippen LogP contribution >= 0.6 is 0 Å². The Morgan fingerprint density at radius 3 is 2.60 bits per heavy atom. The molecule has 0 N–H and O–H groups in total. The molecule has 0 saturated carbocycles. The van der Waals surface area contributed by atoms with Crippen molar-refractivity contribution in [3.05, 3.63) is 72.3 Å². The summed E-state index contributed by atoms with van der Waals surface area (Å²) in [5, 5.41) is 3.03. The van der Waals surface area contributed by atoms with Crippen LogP contribution in [0.15, 0.2) is 66.8 Å². The van der Waals surface area contributed by atoms with Crippen LogP contribution in [0.25, 0.3) is 10.8 Å². The lowest BCUT2D eigenvalue weighted by molar-refractivity contribution is 0.739. The maximum atomic E-state index is 2.48. The molecule has 1 atom stereocenters. The summed E-state index contributed by atoms with van der Waals surface area (Å²) in [6.45, 7) is 4.82. The van der Waals surface area contributed by atoms with Crippen molar-refractivity contribution in [2.45, 2.75) is 31.0 Å². The van der Waals surface area contributed by atoms with E-state index in [4.69, 9.17) is 0 Å². The minimum atomic E-state index is -0.470. The molecule has 0 spiro atoms. The quantitative estimate of drug-likeness (QED) is 0.670. The summed E-state index contributed by atoms with van der Waals surface area (Å²) >= 11 is 0. The van der Waals surface area contributed by atoms with E-state index in [1.807, 2.05) is 0 Å². The van der Waals surface area contributed by atoms with E-state index in [-0.39, 0.29) is 5.04 Å². The first-order valence-corrected chi connectivity index (χ1v) is 9.64. The Morgan fingerprint density at radius 2 is 1.85 bits per heavy atom. The molecule has 1 aliphatic rings. The Kier molecular flexibility index (Phi) is 3.62. The van der Waals surface area contributed by atoms with Crippen molar-refractivity contribution in [3.63, 3.8) is 0 Å². The monoisotopic (exact) mass is 277 g/mol. The maximum Gasteiger partial charge on any atom is 0.0623 e. The van der Waals surface area contributed by atoms with Gasteiger partial charge in [0.1, 0.15) is 0 Å². The average Bonchev–Trinajstić information content (AvgIpc) is 2.54. The summed E-state index contributed by atoms with van der Waals surface area (Å²) in [6.07, 6.45) is 10.4. The summed E-state index contributed by atoms with van der Waals surface area (Å²) < 4.78 is 0. The number of benzene rings is 2. The second kappa shape index (κ2) is 5.41.